The minimum atomic E-state index is -1.98. The predicted octanol–water partition coefficient (Wildman–Crippen LogP) is 8.57. The molecule has 0 aromatic heterocycles. The zero-order valence-electron chi connectivity index (χ0n) is 18.8. The average Bonchev–Trinajstić information content (AvgIpc) is 2.67. The van der Waals surface area contributed by atoms with Gasteiger partial charge in [0.05, 0.1) is 0 Å². The van der Waals surface area contributed by atoms with Gasteiger partial charge in [0.15, 0.2) is 0 Å². The summed E-state index contributed by atoms with van der Waals surface area (Å²) in [4.78, 5) is 12.1. The fourth-order valence-electron chi connectivity index (χ4n) is 3.94. The van der Waals surface area contributed by atoms with E-state index in [1.54, 1.807) is 0 Å². The zero-order valence-corrected chi connectivity index (χ0v) is 19.8. The van der Waals surface area contributed by atoms with E-state index in [0.29, 0.717) is 0 Å². The van der Waals surface area contributed by atoms with Crippen LogP contribution in [0.4, 0.5) is 0 Å². The third kappa shape index (κ3) is 15.1. The summed E-state index contributed by atoms with van der Waals surface area (Å²) in [6, 6.07) is 3.49. The van der Waals surface area contributed by atoms with Crippen molar-refractivity contribution in [3.05, 3.63) is 12.7 Å². The van der Waals surface area contributed by atoms with Crippen molar-refractivity contribution < 1.29 is 9.22 Å². The number of hydrogen-bond donors (Lipinski definition) is 0. The molecule has 0 heterocycles. The van der Waals surface area contributed by atoms with E-state index in [-0.39, 0.29) is 5.97 Å². The molecule has 0 amide bonds. The van der Waals surface area contributed by atoms with E-state index in [1.165, 1.54) is 102 Å². The molecule has 2 nitrogen and oxygen atoms in total. The Hall–Kier alpha value is -0.573. The van der Waals surface area contributed by atoms with Crippen LogP contribution in [0.1, 0.15) is 117 Å². The second kappa shape index (κ2) is 18.8. The second-order valence-electron chi connectivity index (χ2n) is 8.30. The van der Waals surface area contributed by atoms with E-state index in [9.17, 15) is 4.79 Å². The standard InChI is InChI=1S/C24H48O2Si/c1-5-9-12-15-18-21-27(26-24(25)8-4,22-19-16-13-10-6-2)23-20-17-14-11-7-3/h8H,4-7,9-23H2,1-3H3. The van der Waals surface area contributed by atoms with Crippen molar-refractivity contribution in [2.45, 2.75) is 135 Å². The molecule has 0 aromatic carbocycles. The molecule has 0 spiro atoms. The van der Waals surface area contributed by atoms with Crippen molar-refractivity contribution in [2.24, 2.45) is 0 Å². The van der Waals surface area contributed by atoms with Gasteiger partial charge in [0.2, 0.25) is 0 Å². The Balaban J connectivity index is 4.76. The zero-order chi connectivity index (χ0) is 20.2. The molecule has 3 heteroatoms. The van der Waals surface area contributed by atoms with Gasteiger partial charge in [-0.2, -0.15) is 0 Å². The summed E-state index contributed by atoms with van der Waals surface area (Å²) in [5.74, 6) is -0.169. The molecular weight excluding hydrogens is 348 g/mol. The highest BCUT2D eigenvalue weighted by molar-refractivity contribution is 6.75. The highest BCUT2D eigenvalue weighted by Crippen LogP contribution is 2.31. The molecule has 27 heavy (non-hydrogen) atoms. The normalized spacial score (nSPS) is 11.5. The van der Waals surface area contributed by atoms with Crippen LogP contribution < -0.4 is 0 Å². The second-order valence-corrected chi connectivity index (χ2v) is 12.4. The number of unbranched alkanes of at least 4 members (excludes halogenated alkanes) is 12. The monoisotopic (exact) mass is 396 g/mol. The lowest BCUT2D eigenvalue weighted by atomic mass is 10.2. The third-order valence-electron chi connectivity index (χ3n) is 5.69. The van der Waals surface area contributed by atoms with Crippen LogP contribution in [0.2, 0.25) is 18.1 Å². The summed E-state index contributed by atoms with van der Waals surface area (Å²) in [7, 11) is -1.98. The van der Waals surface area contributed by atoms with Gasteiger partial charge in [-0.1, -0.05) is 124 Å². The minimum absolute atomic E-state index is 0.169. The molecule has 0 atom stereocenters. The van der Waals surface area contributed by atoms with Crippen molar-refractivity contribution in [3.8, 4) is 0 Å². The lowest BCUT2D eigenvalue weighted by molar-refractivity contribution is -0.129. The molecule has 0 N–H and O–H groups in total. The molecule has 0 rings (SSSR count). The third-order valence-corrected chi connectivity index (χ3v) is 10.1. The average molecular weight is 397 g/mol. The maximum Gasteiger partial charge on any atom is 0.316 e. The van der Waals surface area contributed by atoms with Crippen molar-refractivity contribution in [3.63, 3.8) is 0 Å². The number of carbonyl (C=O) groups is 1. The van der Waals surface area contributed by atoms with Crippen molar-refractivity contribution in [1.29, 1.82) is 0 Å². The highest BCUT2D eigenvalue weighted by atomic mass is 28.4. The van der Waals surface area contributed by atoms with Gasteiger partial charge in [0.1, 0.15) is 0 Å². The Labute approximate surface area is 171 Å². The Morgan fingerprint density at radius 1 is 0.667 bits per heavy atom. The van der Waals surface area contributed by atoms with Gasteiger partial charge in [-0.05, 0) is 18.1 Å². The molecule has 0 fully saturated rings. The van der Waals surface area contributed by atoms with Crippen molar-refractivity contribution >= 4 is 14.3 Å². The van der Waals surface area contributed by atoms with Gasteiger partial charge in [-0.3, -0.25) is 0 Å². The van der Waals surface area contributed by atoms with Crippen LogP contribution >= 0.6 is 0 Å². The Bertz CT molecular complexity index is 318. The first-order valence-corrected chi connectivity index (χ1v) is 14.5. The summed E-state index contributed by atoms with van der Waals surface area (Å²) in [6.07, 6.45) is 20.8. The first-order valence-electron chi connectivity index (χ1n) is 12.0. The summed E-state index contributed by atoms with van der Waals surface area (Å²) in [5, 5.41) is 0. The largest absolute Gasteiger partial charge is 0.516 e. The Morgan fingerprint density at radius 2 is 1.00 bits per heavy atom. The molecule has 0 aliphatic rings. The van der Waals surface area contributed by atoms with Gasteiger partial charge in [0.25, 0.3) is 8.32 Å². The fourth-order valence-corrected chi connectivity index (χ4v) is 8.18. The predicted molar refractivity (Wildman–Crippen MR) is 123 cm³/mol. The maximum absolute atomic E-state index is 12.1. The summed E-state index contributed by atoms with van der Waals surface area (Å²) in [5.41, 5.74) is 0. The summed E-state index contributed by atoms with van der Waals surface area (Å²) < 4.78 is 6.19. The maximum atomic E-state index is 12.1. The van der Waals surface area contributed by atoms with E-state index >= 15 is 0 Å². The van der Waals surface area contributed by atoms with Crippen molar-refractivity contribution in [2.75, 3.05) is 0 Å². The number of hydrogen-bond acceptors (Lipinski definition) is 2. The van der Waals surface area contributed by atoms with Crippen LogP contribution in [-0.2, 0) is 9.22 Å². The van der Waals surface area contributed by atoms with Gasteiger partial charge in [-0.25, -0.2) is 4.79 Å². The van der Waals surface area contributed by atoms with Crippen LogP contribution in [0.15, 0.2) is 12.7 Å². The quantitative estimate of drug-likeness (QED) is 0.117. The Kier molecular flexibility index (Phi) is 18.4. The molecule has 0 aliphatic carbocycles. The summed E-state index contributed by atoms with van der Waals surface area (Å²) in [6.45, 7) is 10.4. The van der Waals surface area contributed by atoms with Gasteiger partial charge >= 0.3 is 5.97 Å². The first kappa shape index (κ1) is 26.4. The fraction of sp³-hybridized carbons (Fsp3) is 0.875. The van der Waals surface area contributed by atoms with E-state index in [1.807, 2.05) is 0 Å². The van der Waals surface area contributed by atoms with E-state index in [0.717, 1.165) is 18.1 Å². The van der Waals surface area contributed by atoms with E-state index < -0.39 is 8.32 Å². The molecule has 0 aromatic rings. The highest BCUT2D eigenvalue weighted by Gasteiger charge is 2.36. The van der Waals surface area contributed by atoms with Gasteiger partial charge in [0, 0.05) is 6.08 Å². The smallest absolute Gasteiger partial charge is 0.316 e. The van der Waals surface area contributed by atoms with Crippen LogP contribution in [0, 0.1) is 0 Å². The van der Waals surface area contributed by atoms with Gasteiger partial charge < -0.3 is 4.43 Å². The van der Waals surface area contributed by atoms with E-state index in [4.69, 9.17) is 4.43 Å². The molecule has 0 saturated carbocycles. The topological polar surface area (TPSA) is 26.3 Å². The minimum Gasteiger partial charge on any atom is -0.516 e. The van der Waals surface area contributed by atoms with Crippen LogP contribution in [0.3, 0.4) is 0 Å². The molecule has 0 bridgehead atoms. The van der Waals surface area contributed by atoms with Crippen molar-refractivity contribution in [1.82, 2.24) is 0 Å². The molecule has 0 radical (unpaired) electrons. The van der Waals surface area contributed by atoms with Crippen LogP contribution in [0.25, 0.3) is 0 Å². The van der Waals surface area contributed by atoms with Crippen LogP contribution in [0.5, 0.6) is 0 Å². The van der Waals surface area contributed by atoms with E-state index in [2.05, 4.69) is 27.4 Å². The lowest BCUT2D eigenvalue weighted by Crippen LogP contribution is -2.40. The molecule has 160 valence electrons. The molecule has 0 aliphatic heterocycles. The lowest BCUT2D eigenvalue weighted by Gasteiger charge is -2.31. The number of rotatable bonds is 20. The molecular formula is C24H48O2Si. The molecule has 0 unspecified atom stereocenters. The Morgan fingerprint density at radius 3 is 1.30 bits per heavy atom. The van der Waals surface area contributed by atoms with Crippen LogP contribution in [-0.4, -0.2) is 14.3 Å². The number of carbonyl (C=O) groups excluding carboxylic acids is 1. The molecule has 0 saturated heterocycles. The van der Waals surface area contributed by atoms with Gasteiger partial charge in [-0.15, -0.1) is 0 Å². The summed E-state index contributed by atoms with van der Waals surface area (Å²) >= 11 is 0. The first-order chi connectivity index (χ1) is 13.1. The SMILES string of the molecule is C=CC(=O)O[Si](CCCCCCC)(CCCCCCC)CCCCCCC.